The number of benzene rings is 1. The summed E-state index contributed by atoms with van der Waals surface area (Å²) in [5.41, 5.74) is 7.55. The lowest BCUT2D eigenvalue weighted by atomic mass is 9.91. The minimum absolute atomic E-state index is 0.0340. The Labute approximate surface area is 130 Å². The van der Waals surface area contributed by atoms with Gasteiger partial charge in [-0.3, -0.25) is 0 Å². The summed E-state index contributed by atoms with van der Waals surface area (Å²) in [5.74, 6) is 2.83. The Hall–Kier alpha value is -0.740. The van der Waals surface area contributed by atoms with E-state index < -0.39 is 0 Å². The largest absolute Gasteiger partial charge is 0.490 e. The molecule has 0 heterocycles. The molecule has 112 valence electrons. The Morgan fingerprint density at radius 3 is 2.25 bits per heavy atom. The van der Waals surface area contributed by atoms with Crippen LogP contribution >= 0.6 is 15.9 Å². The molecule has 0 bridgehead atoms. The normalized spacial score (nSPS) is 17.6. The molecule has 3 nitrogen and oxygen atoms in total. The maximum Gasteiger partial charge on any atom is 0.162 e. The molecule has 0 aromatic heterocycles. The van der Waals surface area contributed by atoms with Crippen LogP contribution in [0.5, 0.6) is 11.5 Å². The van der Waals surface area contributed by atoms with E-state index in [9.17, 15) is 0 Å². The molecule has 2 atom stereocenters. The minimum Gasteiger partial charge on any atom is -0.490 e. The van der Waals surface area contributed by atoms with E-state index in [2.05, 4.69) is 22.9 Å². The molecule has 0 amide bonds. The Morgan fingerprint density at radius 1 is 1.20 bits per heavy atom. The Morgan fingerprint density at radius 2 is 1.75 bits per heavy atom. The van der Waals surface area contributed by atoms with Crippen LogP contribution in [0.1, 0.15) is 45.2 Å². The van der Waals surface area contributed by atoms with Gasteiger partial charge in [-0.1, -0.05) is 22.9 Å². The van der Waals surface area contributed by atoms with Crippen molar-refractivity contribution in [3.8, 4) is 11.5 Å². The second-order valence-corrected chi connectivity index (χ2v) is 6.26. The van der Waals surface area contributed by atoms with Gasteiger partial charge in [-0.05, 0) is 56.2 Å². The summed E-state index contributed by atoms with van der Waals surface area (Å²) in [4.78, 5) is 0. The summed E-state index contributed by atoms with van der Waals surface area (Å²) >= 11 is 3.63. The maximum atomic E-state index is 6.44. The van der Waals surface area contributed by atoms with Crippen molar-refractivity contribution in [1.29, 1.82) is 0 Å². The van der Waals surface area contributed by atoms with E-state index in [0.29, 0.717) is 19.1 Å². The van der Waals surface area contributed by atoms with Gasteiger partial charge < -0.3 is 15.2 Å². The van der Waals surface area contributed by atoms with Gasteiger partial charge in [0.1, 0.15) is 0 Å². The Balaban J connectivity index is 2.29. The zero-order valence-corrected chi connectivity index (χ0v) is 14.1. The SMILES string of the molecule is CCOc1cc(Br)c(C(N)C(C)C2CC2)cc1OCC. The van der Waals surface area contributed by atoms with Gasteiger partial charge in [0, 0.05) is 10.5 Å². The highest BCUT2D eigenvalue weighted by Crippen LogP contribution is 2.44. The van der Waals surface area contributed by atoms with Gasteiger partial charge in [-0.2, -0.15) is 0 Å². The zero-order valence-electron chi connectivity index (χ0n) is 12.5. The van der Waals surface area contributed by atoms with Crippen molar-refractivity contribution in [1.82, 2.24) is 0 Å². The molecular weight excluding hydrogens is 318 g/mol. The van der Waals surface area contributed by atoms with Gasteiger partial charge >= 0.3 is 0 Å². The molecule has 4 heteroatoms. The highest BCUT2D eigenvalue weighted by molar-refractivity contribution is 9.10. The number of hydrogen-bond donors (Lipinski definition) is 1. The second kappa shape index (κ2) is 6.81. The molecule has 1 aromatic rings. The summed E-state index contributed by atoms with van der Waals surface area (Å²) < 4.78 is 12.3. The second-order valence-electron chi connectivity index (χ2n) is 5.41. The van der Waals surface area contributed by atoms with Crippen molar-refractivity contribution >= 4 is 15.9 Å². The zero-order chi connectivity index (χ0) is 14.7. The lowest BCUT2D eigenvalue weighted by Gasteiger charge is -2.23. The first-order chi connectivity index (χ1) is 9.58. The average Bonchev–Trinajstić information content (AvgIpc) is 3.25. The van der Waals surface area contributed by atoms with Gasteiger partial charge in [-0.15, -0.1) is 0 Å². The number of rotatable bonds is 7. The molecular formula is C16H24BrNO2. The lowest BCUT2D eigenvalue weighted by Crippen LogP contribution is -2.21. The van der Waals surface area contributed by atoms with E-state index in [0.717, 1.165) is 27.5 Å². The topological polar surface area (TPSA) is 44.5 Å². The Bertz CT molecular complexity index is 460. The first-order valence-corrected chi connectivity index (χ1v) is 8.22. The summed E-state index contributed by atoms with van der Waals surface area (Å²) in [6.45, 7) is 7.43. The molecule has 1 aliphatic rings. The number of hydrogen-bond acceptors (Lipinski definition) is 3. The molecule has 1 aromatic carbocycles. The van der Waals surface area contributed by atoms with Crippen molar-refractivity contribution in [2.24, 2.45) is 17.6 Å². The molecule has 0 spiro atoms. The summed E-state index contributed by atoms with van der Waals surface area (Å²) in [6, 6.07) is 4.04. The van der Waals surface area contributed by atoms with Crippen molar-refractivity contribution in [2.75, 3.05) is 13.2 Å². The van der Waals surface area contributed by atoms with E-state index >= 15 is 0 Å². The molecule has 2 unspecified atom stereocenters. The van der Waals surface area contributed by atoms with E-state index in [1.807, 2.05) is 26.0 Å². The highest BCUT2D eigenvalue weighted by atomic mass is 79.9. The molecule has 2 rings (SSSR count). The molecule has 0 radical (unpaired) electrons. The fourth-order valence-corrected chi connectivity index (χ4v) is 3.13. The van der Waals surface area contributed by atoms with Gasteiger partial charge in [-0.25, -0.2) is 0 Å². The Kier molecular flexibility index (Phi) is 5.33. The van der Waals surface area contributed by atoms with Crippen LogP contribution in [0, 0.1) is 11.8 Å². The predicted molar refractivity (Wildman–Crippen MR) is 85.3 cm³/mol. The molecule has 1 fully saturated rings. The van der Waals surface area contributed by atoms with E-state index in [1.54, 1.807) is 0 Å². The van der Waals surface area contributed by atoms with Crippen molar-refractivity contribution < 1.29 is 9.47 Å². The van der Waals surface area contributed by atoms with Gasteiger partial charge in [0.25, 0.3) is 0 Å². The van der Waals surface area contributed by atoms with Crippen LogP contribution in [0.3, 0.4) is 0 Å². The first-order valence-electron chi connectivity index (χ1n) is 7.43. The number of nitrogens with two attached hydrogens (primary N) is 1. The minimum atomic E-state index is 0.0340. The van der Waals surface area contributed by atoms with Crippen LogP contribution in [0.2, 0.25) is 0 Å². The third-order valence-electron chi connectivity index (χ3n) is 3.95. The first kappa shape index (κ1) is 15.6. The van der Waals surface area contributed by atoms with Crippen LogP contribution in [0.25, 0.3) is 0 Å². The van der Waals surface area contributed by atoms with Crippen molar-refractivity contribution in [3.05, 3.63) is 22.2 Å². The van der Waals surface area contributed by atoms with Crippen molar-refractivity contribution in [2.45, 2.75) is 39.7 Å². The van der Waals surface area contributed by atoms with Gasteiger partial charge in [0.05, 0.1) is 13.2 Å². The average molecular weight is 342 g/mol. The van der Waals surface area contributed by atoms with Crippen LogP contribution in [-0.2, 0) is 0 Å². The quantitative estimate of drug-likeness (QED) is 0.804. The number of ether oxygens (including phenoxy) is 2. The molecule has 20 heavy (non-hydrogen) atoms. The molecule has 1 aliphatic carbocycles. The smallest absolute Gasteiger partial charge is 0.162 e. The van der Waals surface area contributed by atoms with Crippen LogP contribution in [0.15, 0.2) is 16.6 Å². The monoisotopic (exact) mass is 341 g/mol. The van der Waals surface area contributed by atoms with Crippen LogP contribution < -0.4 is 15.2 Å². The molecule has 0 aliphatic heterocycles. The van der Waals surface area contributed by atoms with E-state index in [1.165, 1.54) is 12.8 Å². The number of halogens is 1. The van der Waals surface area contributed by atoms with Crippen molar-refractivity contribution in [3.63, 3.8) is 0 Å². The van der Waals surface area contributed by atoms with Crippen LogP contribution in [0.4, 0.5) is 0 Å². The third kappa shape index (κ3) is 3.47. The molecule has 2 N–H and O–H groups in total. The fourth-order valence-electron chi connectivity index (χ4n) is 2.54. The summed E-state index contributed by atoms with van der Waals surface area (Å²) in [5, 5.41) is 0. The molecule has 1 saturated carbocycles. The lowest BCUT2D eigenvalue weighted by molar-refractivity contribution is 0.286. The summed E-state index contributed by atoms with van der Waals surface area (Å²) in [7, 11) is 0. The highest BCUT2D eigenvalue weighted by Gasteiger charge is 2.33. The van der Waals surface area contributed by atoms with E-state index in [4.69, 9.17) is 15.2 Å². The van der Waals surface area contributed by atoms with Crippen LogP contribution in [-0.4, -0.2) is 13.2 Å². The third-order valence-corrected chi connectivity index (χ3v) is 4.64. The standard InChI is InChI=1S/C16H24BrNO2/c1-4-19-14-8-12(13(17)9-15(14)20-5-2)16(18)10(3)11-6-7-11/h8-11,16H,4-7,18H2,1-3H3. The predicted octanol–water partition coefficient (Wildman–Crippen LogP) is 4.29. The van der Waals surface area contributed by atoms with Gasteiger partial charge in [0.2, 0.25) is 0 Å². The van der Waals surface area contributed by atoms with E-state index in [-0.39, 0.29) is 6.04 Å². The maximum absolute atomic E-state index is 6.44. The molecule has 0 saturated heterocycles. The summed E-state index contributed by atoms with van der Waals surface area (Å²) in [6.07, 6.45) is 2.61. The fraction of sp³-hybridized carbons (Fsp3) is 0.625. The van der Waals surface area contributed by atoms with Gasteiger partial charge in [0.15, 0.2) is 11.5 Å².